The molecular weight excluding hydrogens is 406 g/mol. The number of benzene rings is 1. The Balaban J connectivity index is 1.67. The lowest BCUT2D eigenvalue weighted by Gasteiger charge is -2.30. The van der Waals surface area contributed by atoms with Gasteiger partial charge in [0, 0.05) is 18.8 Å². The molecule has 0 unspecified atom stereocenters. The van der Waals surface area contributed by atoms with Gasteiger partial charge in [-0.25, -0.2) is 0 Å². The van der Waals surface area contributed by atoms with Gasteiger partial charge < -0.3 is 19.7 Å². The maximum Gasteiger partial charge on any atom is 0.169 e. The standard InChI is InChI=1S/C25H35N3O2S/c1-29-23-14-13-20(18-24(23)30-2)15-17-28(19-22-12-8-9-16-26-22)25(31)27-21-10-6-4-3-5-7-11-21/h8-9,12-14,16,18,21H,3-7,10-11,15,17,19H2,1-2H3,(H,27,31). The molecule has 1 saturated carbocycles. The summed E-state index contributed by atoms with van der Waals surface area (Å²) in [4.78, 5) is 6.76. The third-order valence-electron chi connectivity index (χ3n) is 5.92. The van der Waals surface area contributed by atoms with Crippen molar-refractivity contribution < 1.29 is 9.47 Å². The van der Waals surface area contributed by atoms with E-state index in [4.69, 9.17) is 21.7 Å². The Bertz CT molecular complexity index is 808. The Morgan fingerprint density at radius 3 is 2.45 bits per heavy atom. The van der Waals surface area contributed by atoms with Gasteiger partial charge in [0.25, 0.3) is 0 Å². The maximum atomic E-state index is 5.88. The molecule has 1 aromatic carbocycles. The second kappa shape index (κ2) is 12.5. The van der Waals surface area contributed by atoms with Crippen LogP contribution >= 0.6 is 12.2 Å². The predicted molar refractivity (Wildman–Crippen MR) is 130 cm³/mol. The second-order valence-electron chi connectivity index (χ2n) is 8.17. The van der Waals surface area contributed by atoms with E-state index in [9.17, 15) is 0 Å². The van der Waals surface area contributed by atoms with Crippen molar-refractivity contribution in [3.63, 3.8) is 0 Å². The highest BCUT2D eigenvalue weighted by Gasteiger charge is 2.17. The maximum absolute atomic E-state index is 5.88. The van der Waals surface area contributed by atoms with Crippen molar-refractivity contribution >= 4 is 17.3 Å². The number of thiocarbonyl (C=S) groups is 1. The van der Waals surface area contributed by atoms with Gasteiger partial charge in [-0.1, -0.05) is 44.2 Å². The van der Waals surface area contributed by atoms with Crippen molar-refractivity contribution in [2.75, 3.05) is 20.8 Å². The van der Waals surface area contributed by atoms with E-state index in [-0.39, 0.29) is 0 Å². The summed E-state index contributed by atoms with van der Waals surface area (Å²) in [7, 11) is 3.33. The normalized spacial score (nSPS) is 14.9. The number of hydrogen-bond acceptors (Lipinski definition) is 4. The fourth-order valence-corrected chi connectivity index (χ4v) is 4.43. The fraction of sp³-hybridized carbons (Fsp3) is 0.520. The van der Waals surface area contributed by atoms with E-state index in [1.807, 2.05) is 30.5 Å². The molecule has 2 aromatic rings. The Kier molecular flexibility index (Phi) is 9.40. The van der Waals surface area contributed by atoms with Gasteiger partial charge in [-0.05, 0) is 61.3 Å². The van der Waals surface area contributed by atoms with Crippen LogP contribution in [0.25, 0.3) is 0 Å². The first-order valence-corrected chi connectivity index (χ1v) is 11.8. The minimum Gasteiger partial charge on any atom is -0.493 e. The first kappa shape index (κ1) is 23.3. The molecule has 1 heterocycles. The highest BCUT2D eigenvalue weighted by molar-refractivity contribution is 7.80. The number of methoxy groups -OCH3 is 2. The zero-order valence-corrected chi connectivity index (χ0v) is 19.6. The van der Waals surface area contributed by atoms with Gasteiger partial charge in [0.1, 0.15) is 0 Å². The molecular formula is C25H35N3O2S. The average Bonchev–Trinajstić information content (AvgIpc) is 2.78. The Morgan fingerprint density at radius 1 is 1.03 bits per heavy atom. The van der Waals surface area contributed by atoms with E-state index < -0.39 is 0 Å². The van der Waals surface area contributed by atoms with Crippen LogP contribution in [0.5, 0.6) is 11.5 Å². The molecule has 0 spiro atoms. The first-order chi connectivity index (χ1) is 15.2. The van der Waals surface area contributed by atoms with E-state index in [0.29, 0.717) is 12.6 Å². The molecule has 1 aliphatic rings. The number of hydrogen-bond donors (Lipinski definition) is 1. The number of rotatable bonds is 8. The van der Waals surface area contributed by atoms with Gasteiger partial charge in [0.05, 0.1) is 26.5 Å². The molecule has 31 heavy (non-hydrogen) atoms. The second-order valence-corrected chi connectivity index (χ2v) is 8.56. The van der Waals surface area contributed by atoms with Crippen LogP contribution in [-0.2, 0) is 13.0 Å². The van der Waals surface area contributed by atoms with Gasteiger partial charge in [0.2, 0.25) is 0 Å². The van der Waals surface area contributed by atoms with Gasteiger partial charge in [-0.3, -0.25) is 4.98 Å². The molecule has 1 N–H and O–H groups in total. The lowest BCUT2D eigenvalue weighted by Crippen LogP contribution is -2.45. The highest BCUT2D eigenvalue weighted by Crippen LogP contribution is 2.28. The van der Waals surface area contributed by atoms with Crippen LogP contribution < -0.4 is 14.8 Å². The molecule has 1 aromatic heterocycles. The largest absolute Gasteiger partial charge is 0.493 e. The van der Waals surface area contributed by atoms with Gasteiger partial charge >= 0.3 is 0 Å². The van der Waals surface area contributed by atoms with Crippen LogP contribution in [0.3, 0.4) is 0 Å². The predicted octanol–water partition coefficient (Wildman–Crippen LogP) is 5.13. The van der Waals surface area contributed by atoms with Crippen LogP contribution in [-0.4, -0.2) is 41.8 Å². The van der Waals surface area contributed by atoms with E-state index in [2.05, 4.69) is 27.3 Å². The van der Waals surface area contributed by atoms with Crippen LogP contribution in [0, 0.1) is 0 Å². The average molecular weight is 442 g/mol. The summed E-state index contributed by atoms with van der Waals surface area (Å²) in [5.41, 5.74) is 2.22. The third-order valence-corrected chi connectivity index (χ3v) is 6.29. The van der Waals surface area contributed by atoms with E-state index >= 15 is 0 Å². The molecule has 0 aliphatic heterocycles. The van der Waals surface area contributed by atoms with Crippen LogP contribution in [0.2, 0.25) is 0 Å². The molecule has 0 bridgehead atoms. The van der Waals surface area contributed by atoms with Crippen molar-refractivity contribution in [3.8, 4) is 11.5 Å². The zero-order chi connectivity index (χ0) is 21.9. The Labute approximate surface area is 192 Å². The van der Waals surface area contributed by atoms with Crippen LogP contribution in [0.4, 0.5) is 0 Å². The lowest BCUT2D eigenvalue weighted by atomic mass is 9.97. The minimum absolute atomic E-state index is 0.472. The molecule has 0 amide bonds. The monoisotopic (exact) mass is 441 g/mol. The molecule has 0 saturated heterocycles. The quantitative estimate of drug-likeness (QED) is 0.573. The summed E-state index contributed by atoms with van der Waals surface area (Å²) < 4.78 is 10.8. The molecule has 0 atom stereocenters. The molecule has 3 rings (SSSR count). The molecule has 5 nitrogen and oxygen atoms in total. The van der Waals surface area contributed by atoms with Gasteiger partial charge in [0.15, 0.2) is 16.6 Å². The zero-order valence-electron chi connectivity index (χ0n) is 18.8. The smallest absolute Gasteiger partial charge is 0.169 e. The molecule has 168 valence electrons. The Hall–Kier alpha value is -2.34. The van der Waals surface area contributed by atoms with Gasteiger partial charge in [-0.15, -0.1) is 0 Å². The molecule has 6 heteroatoms. The summed E-state index contributed by atoms with van der Waals surface area (Å²) in [6.07, 6.45) is 11.7. The minimum atomic E-state index is 0.472. The van der Waals surface area contributed by atoms with Crippen molar-refractivity contribution in [2.45, 2.75) is 64.0 Å². The number of pyridine rings is 1. The van der Waals surface area contributed by atoms with Crippen LogP contribution in [0.15, 0.2) is 42.6 Å². The lowest BCUT2D eigenvalue weighted by molar-refractivity contribution is 0.353. The van der Waals surface area contributed by atoms with E-state index in [0.717, 1.165) is 35.3 Å². The SMILES string of the molecule is COc1ccc(CCN(Cc2ccccn2)C(=S)NC2CCCCCCC2)cc1OC. The first-order valence-electron chi connectivity index (χ1n) is 11.4. The number of nitrogens with one attached hydrogen (secondary N) is 1. The summed E-state index contributed by atoms with van der Waals surface area (Å²) in [6.45, 7) is 1.51. The highest BCUT2D eigenvalue weighted by atomic mass is 32.1. The molecule has 1 aliphatic carbocycles. The number of nitrogens with zero attached hydrogens (tertiary/aromatic N) is 2. The topological polar surface area (TPSA) is 46.6 Å². The van der Waals surface area contributed by atoms with E-state index in [1.54, 1.807) is 14.2 Å². The van der Waals surface area contributed by atoms with Crippen molar-refractivity contribution in [1.29, 1.82) is 0 Å². The molecule has 0 radical (unpaired) electrons. The number of aromatic nitrogens is 1. The Morgan fingerprint density at radius 2 is 1.77 bits per heavy atom. The van der Waals surface area contributed by atoms with Crippen molar-refractivity contribution in [1.82, 2.24) is 15.2 Å². The summed E-state index contributed by atoms with van der Waals surface area (Å²) >= 11 is 5.88. The number of ether oxygens (including phenoxy) is 2. The van der Waals surface area contributed by atoms with Crippen molar-refractivity contribution in [2.24, 2.45) is 0 Å². The van der Waals surface area contributed by atoms with Crippen LogP contribution in [0.1, 0.15) is 56.2 Å². The van der Waals surface area contributed by atoms with Gasteiger partial charge in [-0.2, -0.15) is 0 Å². The molecule has 1 fully saturated rings. The summed E-state index contributed by atoms with van der Waals surface area (Å²) in [5, 5.41) is 4.50. The third kappa shape index (κ3) is 7.39. The summed E-state index contributed by atoms with van der Waals surface area (Å²) in [5.74, 6) is 1.50. The van der Waals surface area contributed by atoms with E-state index in [1.165, 1.54) is 50.5 Å². The summed E-state index contributed by atoms with van der Waals surface area (Å²) in [6, 6.07) is 12.6. The van der Waals surface area contributed by atoms with Crippen molar-refractivity contribution in [3.05, 3.63) is 53.9 Å². The fourth-order valence-electron chi connectivity index (χ4n) is 4.11.